The summed E-state index contributed by atoms with van der Waals surface area (Å²) in [5, 5.41) is 12.0. The number of benzene rings is 2. The number of hydrogen-bond donors (Lipinski definition) is 2. The third-order valence-electron chi connectivity index (χ3n) is 5.70. The van der Waals surface area contributed by atoms with Crippen molar-refractivity contribution in [1.82, 2.24) is 9.97 Å². The highest BCUT2D eigenvalue weighted by Gasteiger charge is 2.31. The lowest BCUT2D eigenvalue weighted by molar-refractivity contribution is 0.414. The molecule has 32 heavy (non-hydrogen) atoms. The summed E-state index contributed by atoms with van der Waals surface area (Å²) in [7, 11) is 5.08. The smallest absolute Gasteiger partial charge is 0.227 e. The molecule has 7 nitrogen and oxygen atoms in total. The van der Waals surface area contributed by atoms with Gasteiger partial charge < -0.3 is 20.2 Å². The average molecular weight is 430 g/mol. The van der Waals surface area contributed by atoms with Crippen LogP contribution >= 0.6 is 0 Å². The summed E-state index contributed by atoms with van der Waals surface area (Å²) in [5.74, 6) is 1.76. The van der Waals surface area contributed by atoms with E-state index in [4.69, 9.17) is 19.9 Å². The van der Waals surface area contributed by atoms with Gasteiger partial charge in [-0.1, -0.05) is 24.3 Å². The highest BCUT2D eigenvalue weighted by molar-refractivity contribution is 6.12. The molecule has 1 heterocycles. The highest BCUT2D eigenvalue weighted by atomic mass is 16.5. The van der Waals surface area contributed by atoms with Crippen molar-refractivity contribution >= 4 is 23.1 Å². The van der Waals surface area contributed by atoms with Gasteiger partial charge in [0.25, 0.3) is 0 Å². The van der Waals surface area contributed by atoms with Crippen LogP contribution in [0.3, 0.4) is 0 Å². The lowest BCUT2D eigenvalue weighted by atomic mass is 9.80. The Kier molecular flexibility index (Phi) is 6.44. The van der Waals surface area contributed by atoms with Gasteiger partial charge in [-0.05, 0) is 48.2 Å². The van der Waals surface area contributed by atoms with E-state index in [-0.39, 0.29) is 5.92 Å². The maximum Gasteiger partial charge on any atom is 0.227 e. The van der Waals surface area contributed by atoms with E-state index in [0.29, 0.717) is 30.3 Å². The highest BCUT2D eigenvalue weighted by Crippen LogP contribution is 2.32. The number of nitrogens with zero attached hydrogens (tertiary/aromatic N) is 3. The third kappa shape index (κ3) is 4.46. The van der Waals surface area contributed by atoms with Crippen molar-refractivity contribution < 1.29 is 9.47 Å². The molecule has 0 aliphatic heterocycles. The summed E-state index contributed by atoms with van der Waals surface area (Å²) in [6.45, 7) is 0. The second-order valence-electron chi connectivity index (χ2n) is 7.63. The number of para-hydroxylation sites is 2. The fourth-order valence-electron chi connectivity index (χ4n) is 3.99. The average Bonchev–Trinajstić information content (AvgIpc) is 2.83. The van der Waals surface area contributed by atoms with E-state index >= 15 is 0 Å². The van der Waals surface area contributed by atoms with Gasteiger partial charge in [0.15, 0.2) is 0 Å². The molecule has 0 fully saturated rings. The van der Waals surface area contributed by atoms with Gasteiger partial charge >= 0.3 is 0 Å². The fourth-order valence-corrected chi connectivity index (χ4v) is 3.99. The van der Waals surface area contributed by atoms with E-state index in [2.05, 4.69) is 15.3 Å². The van der Waals surface area contributed by atoms with Gasteiger partial charge in [0.1, 0.15) is 11.5 Å². The van der Waals surface area contributed by atoms with Gasteiger partial charge in [-0.2, -0.15) is 0 Å². The molecule has 0 saturated heterocycles. The standard InChI is InChI=1S/C25H27N5O2/c1-27-21(14-16-8-11-18(31-2)12-9-16)23-19(26)13-10-17-15-28-25(30-24(17)23)29-20-6-4-5-7-22(20)32-3/h4-9,11-12,15,23,26H,10,13-14H2,1-3H3,(H,28,29,30). The molecule has 0 spiro atoms. The molecule has 3 aromatic rings. The predicted octanol–water partition coefficient (Wildman–Crippen LogP) is 4.60. The Labute approximate surface area is 188 Å². The summed E-state index contributed by atoms with van der Waals surface area (Å²) in [4.78, 5) is 13.9. The Bertz CT molecular complexity index is 1140. The topological polar surface area (TPSA) is 92.5 Å². The van der Waals surface area contributed by atoms with E-state index in [9.17, 15) is 0 Å². The minimum atomic E-state index is -0.257. The number of anilines is 2. The quantitative estimate of drug-likeness (QED) is 0.536. The summed E-state index contributed by atoms with van der Waals surface area (Å²) < 4.78 is 10.7. The van der Waals surface area contributed by atoms with Crippen molar-refractivity contribution in [2.45, 2.75) is 25.2 Å². The van der Waals surface area contributed by atoms with E-state index in [0.717, 1.165) is 40.4 Å². The first kappa shape index (κ1) is 21.5. The number of aryl methyl sites for hydroxylation is 1. The van der Waals surface area contributed by atoms with Crippen LogP contribution in [-0.4, -0.2) is 42.7 Å². The SMILES string of the molecule is CN=C(Cc1ccc(OC)cc1)C1C(=N)CCc2cnc(Nc3ccccc3OC)nc21. The number of aromatic nitrogens is 2. The minimum Gasteiger partial charge on any atom is -0.497 e. The zero-order valence-corrected chi connectivity index (χ0v) is 18.6. The van der Waals surface area contributed by atoms with Crippen molar-refractivity contribution in [3.8, 4) is 11.5 Å². The second kappa shape index (κ2) is 9.60. The van der Waals surface area contributed by atoms with Gasteiger partial charge in [0.2, 0.25) is 5.95 Å². The maximum atomic E-state index is 8.69. The molecule has 1 aliphatic rings. The molecule has 1 aliphatic carbocycles. The Morgan fingerprint density at radius 2 is 1.88 bits per heavy atom. The van der Waals surface area contributed by atoms with Crippen molar-refractivity contribution in [3.05, 3.63) is 71.5 Å². The zero-order chi connectivity index (χ0) is 22.5. The molecule has 0 saturated carbocycles. The normalized spacial score (nSPS) is 15.8. The van der Waals surface area contributed by atoms with Crippen molar-refractivity contribution in [2.24, 2.45) is 4.99 Å². The molecule has 2 aromatic carbocycles. The molecule has 0 radical (unpaired) electrons. The maximum absolute atomic E-state index is 8.69. The summed E-state index contributed by atoms with van der Waals surface area (Å²) >= 11 is 0. The first-order valence-electron chi connectivity index (χ1n) is 10.5. The Morgan fingerprint density at radius 3 is 2.59 bits per heavy atom. The van der Waals surface area contributed by atoms with E-state index in [1.54, 1.807) is 21.3 Å². The van der Waals surface area contributed by atoms with Crippen molar-refractivity contribution in [1.29, 1.82) is 5.41 Å². The largest absolute Gasteiger partial charge is 0.497 e. The van der Waals surface area contributed by atoms with Crippen molar-refractivity contribution in [2.75, 3.05) is 26.6 Å². The number of rotatable bonds is 7. The lowest BCUT2D eigenvalue weighted by Gasteiger charge is -2.27. The van der Waals surface area contributed by atoms with Gasteiger partial charge in [0.05, 0.1) is 31.5 Å². The molecular weight excluding hydrogens is 402 g/mol. The van der Waals surface area contributed by atoms with Crippen LogP contribution < -0.4 is 14.8 Å². The molecule has 1 atom stereocenters. The second-order valence-corrected chi connectivity index (χ2v) is 7.63. The van der Waals surface area contributed by atoms with Crippen LogP contribution in [0.2, 0.25) is 0 Å². The zero-order valence-electron chi connectivity index (χ0n) is 18.6. The molecule has 0 amide bonds. The molecule has 2 N–H and O–H groups in total. The van der Waals surface area contributed by atoms with Gasteiger partial charge in [-0.3, -0.25) is 4.99 Å². The van der Waals surface area contributed by atoms with Crippen LogP contribution in [0.25, 0.3) is 0 Å². The van der Waals surface area contributed by atoms with E-state index in [1.165, 1.54) is 0 Å². The predicted molar refractivity (Wildman–Crippen MR) is 127 cm³/mol. The van der Waals surface area contributed by atoms with E-state index in [1.807, 2.05) is 54.7 Å². The summed E-state index contributed by atoms with van der Waals surface area (Å²) in [5.41, 5.74) is 5.37. The number of hydrogen-bond acceptors (Lipinski definition) is 7. The first-order valence-corrected chi connectivity index (χ1v) is 10.5. The van der Waals surface area contributed by atoms with Gasteiger partial charge in [-0.25, -0.2) is 9.97 Å². The summed E-state index contributed by atoms with van der Waals surface area (Å²) in [6.07, 6.45) is 3.95. The Morgan fingerprint density at radius 1 is 1.09 bits per heavy atom. The number of methoxy groups -OCH3 is 2. The minimum absolute atomic E-state index is 0.257. The number of aliphatic imine (C=N–C) groups is 1. The molecular formula is C25H27N5O2. The van der Waals surface area contributed by atoms with Gasteiger partial charge in [-0.15, -0.1) is 0 Å². The molecule has 0 bridgehead atoms. The Balaban J connectivity index is 1.65. The van der Waals surface area contributed by atoms with Crippen LogP contribution in [-0.2, 0) is 12.8 Å². The van der Waals surface area contributed by atoms with Crippen molar-refractivity contribution in [3.63, 3.8) is 0 Å². The fraction of sp³-hybridized carbons (Fsp3) is 0.280. The van der Waals surface area contributed by atoms with Crippen LogP contribution in [0, 0.1) is 5.41 Å². The van der Waals surface area contributed by atoms with Gasteiger partial charge in [0, 0.05) is 31.1 Å². The van der Waals surface area contributed by atoms with E-state index < -0.39 is 0 Å². The number of nitrogens with one attached hydrogen (secondary N) is 2. The monoisotopic (exact) mass is 429 g/mol. The number of ether oxygens (including phenoxy) is 2. The summed E-state index contributed by atoms with van der Waals surface area (Å²) in [6, 6.07) is 15.6. The third-order valence-corrected chi connectivity index (χ3v) is 5.70. The molecule has 1 aromatic heterocycles. The lowest BCUT2D eigenvalue weighted by Crippen LogP contribution is -2.30. The Hall–Kier alpha value is -3.74. The first-order chi connectivity index (χ1) is 15.6. The molecule has 1 unspecified atom stereocenters. The molecule has 4 rings (SSSR count). The number of fused-ring (bicyclic) bond motifs is 1. The van der Waals surface area contributed by atoms with Crippen LogP contribution in [0.15, 0.2) is 59.7 Å². The van der Waals surface area contributed by atoms with Crippen LogP contribution in [0.1, 0.15) is 29.2 Å². The molecule has 7 heteroatoms. The van der Waals surface area contributed by atoms with Crippen LogP contribution in [0.5, 0.6) is 11.5 Å². The van der Waals surface area contributed by atoms with Crippen LogP contribution in [0.4, 0.5) is 11.6 Å². The molecule has 164 valence electrons.